The number of tetrazole rings is 1. The molecule has 0 fully saturated rings. The van der Waals surface area contributed by atoms with Crippen LogP contribution in [0.1, 0.15) is 28.7 Å². The van der Waals surface area contributed by atoms with Crippen LogP contribution in [0.3, 0.4) is 0 Å². The molecule has 0 atom stereocenters. The first-order valence-electron chi connectivity index (χ1n) is 11.0. The predicted octanol–water partition coefficient (Wildman–Crippen LogP) is 4.59. The first-order valence-corrected chi connectivity index (χ1v) is 11.9. The molecular weight excluding hydrogens is 432 g/mol. The molecule has 0 saturated carbocycles. The standard InChI is InChI=1S/C25H24N6OS/c1-2-30-15-14-18-12-13-19(16-22(18)30)26-25(32)21-10-6-7-11-23(21)33-17-24-27-28-29-31(24)20-8-4-3-5-9-20/h3-13,16H,2,14-15,17H2,1H3,(H,26,32). The number of likely N-dealkylation sites (N-methyl/N-ethyl adjacent to an activating group) is 1. The van der Waals surface area contributed by atoms with Gasteiger partial charge in [0.2, 0.25) is 0 Å². The predicted molar refractivity (Wildman–Crippen MR) is 131 cm³/mol. The maximum atomic E-state index is 13.2. The van der Waals surface area contributed by atoms with Crippen LogP contribution < -0.4 is 10.2 Å². The minimum atomic E-state index is -0.123. The van der Waals surface area contributed by atoms with E-state index in [2.05, 4.69) is 44.8 Å². The molecule has 1 aromatic heterocycles. The number of amides is 1. The van der Waals surface area contributed by atoms with Crippen molar-refractivity contribution in [2.75, 3.05) is 23.3 Å². The third-order valence-electron chi connectivity index (χ3n) is 5.74. The third kappa shape index (κ3) is 4.47. The summed E-state index contributed by atoms with van der Waals surface area (Å²) in [6, 6.07) is 23.6. The second-order valence-corrected chi connectivity index (χ2v) is 8.77. The van der Waals surface area contributed by atoms with Gasteiger partial charge in [-0.25, -0.2) is 0 Å². The van der Waals surface area contributed by atoms with Gasteiger partial charge in [-0.15, -0.1) is 16.9 Å². The van der Waals surface area contributed by atoms with Crippen LogP contribution in [0.4, 0.5) is 11.4 Å². The number of para-hydroxylation sites is 1. The van der Waals surface area contributed by atoms with Crippen LogP contribution >= 0.6 is 11.8 Å². The van der Waals surface area contributed by atoms with Gasteiger partial charge in [0.05, 0.1) is 17.0 Å². The molecule has 1 aliphatic rings. The molecule has 1 amide bonds. The van der Waals surface area contributed by atoms with E-state index >= 15 is 0 Å². The number of hydrogen-bond acceptors (Lipinski definition) is 6. The Morgan fingerprint density at radius 1 is 1.06 bits per heavy atom. The van der Waals surface area contributed by atoms with Crippen molar-refractivity contribution in [1.29, 1.82) is 0 Å². The zero-order valence-corrected chi connectivity index (χ0v) is 19.1. The largest absolute Gasteiger partial charge is 0.371 e. The highest BCUT2D eigenvalue weighted by molar-refractivity contribution is 7.98. The first kappa shape index (κ1) is 21.2. The van der Waals surface area contributed by atoms with Crippen molar-refractivity contribution in [2.24, 2.45) is 0 Å². The number of anilines is 2. The summed E-state index contributed by atoms with van der Waals surface area (Å²) >= 11 is 1.54. The maximum absolute atomic E-state index is 13.2. The van der Waals surface area contributed by atoms with Crippen LogP contribution in [-0.4, -0.2) is 39.2 Å². The molecule has 0 spiro atoms. The average Bonchev–Trinajstić information content (AvgIpc) is 3.50. The molecule has 0 aliphatic carbocycles. The minimum absolute atomic E-state index is 0.123. The third-order valence-corrected chi connectivity index (χ3v) is 6.81. The highest BCUT2D eigenvalue weighted by Crippen LogP contribution is 2.31. The maximum Gasteiger partial charge on any atom is 0.256 e. The van der Waals surface area contributed by atoms with E-state index in [1.165, 1.54) is 11.3 Å². The summed E-state index contributed by atoms with van der Waals surface area (Å²) in [4.78, 5) is 16.4. The molecule has 0 saturated heterocycles. The summed E-state index contributed by atoms with van der Waals surface area (Å²) in [7, 11) is 0. The molecule has 0 unspecified atom stereocenters. The highest BCUT2D eigenvalue weighted by Gasteiger charge is 2.19. The lowest BCUT2D eigenvalue weighted by atomic mass is 10.1. The Balaban J connectivity index is 1.32. The van der Waals surface area contributed by atoms with Gasteiger partial charge in [-0.1, -0.05) is 36.4 Å². The van der Waals surface area contributed by atoms with E-state index in [1.54, 1.807) is 16.4 Å². The number of nitrogens with one attached hydrogen (secondary N) is 1. The monoisotopic (exact) mass is 456 g/mol. The molecular formula is C25H24N6OS. The average molecular weight is 457 g/mol. The number of rotatable bonds is 7. The van der Waals surface area contributed by atoms with Crippen LogP contribution in [0.25, 0.3) is 5.69 Å². The van der Waals surface area contributed by atoms with Crippen molar-refractivity contribution in [2.45, 2.75) is 24.0 Å². The van der Waals surface area contributed by atoms with E-state index in [4.69, 9.17) is 0 Å². The van der Waals surface area contributed by atoms with Gasteiger partial charge < -0.3 is 10.2 Å². The summed E-state index contributed by atoms with van der Waals surface area (Å²) in [5.74, 6) is 1.14. The van der Waals surface area contributed by atoms with Crippen molar-refractivity contribution >= 4 is 29.0 Å². The second kappa shape index (κ2) is 9.46. The van der Waals surface area contributed by atoms with Crippen molar-refractivity contribution in [3.63, 3.8) is 0 Å². The normalized spacial score (nSPS) is 12.6. The fourth-order valence-corrected chi connectivity index (χ4v) is 4.99. The lowest BCUT2D eigenvalue weighted by Crippen LogP contribution is -2.19. The fourth-order valence-electron chi connectivity index (χ4n) is 4.04. The molecule has 166 valence electrons. The topological polar surface area (TPSA) is 75.9 Å². The van der Waals surface area contributed by atoms with E-state index in [9.17, 15) is 4.79 Å². The van der Waals surface area contributed by atoms with E-state index in [0.29, 0.717) is 11.3 Å². The lowest BCUT2D eigenvalue weighted by Gasteiger charge is -2.17. The van der Waals surface area contributed by atoms with Crippen LogP contribution in [-0.2, 0) is 12.2 Å². The van der Waals surface area contributed by atoms with E-state index in [1.807, 2.05) is 60.7 Å². The smallest absolute Gasteiger partial charge is 0.256 e. The molecule has 33 heavy (non-hydrogen) atoms. The van der Waals surface area contributed by atoms with Gasteiger partial charge >= 0.3 is 0 Å². The molecule has 3 aromatic carbocycles. The number of hydrogen-bond donors (Lipinski definition) is 1. The molecule has 8 heteroatoms. The number of nitrogens with zero attached hydrogens (tertiary/aromatic N) is 5. The number of carbonyl (C=O) groups excluding carboxylic acids is 1. The number of thioether (sulfide) groups is 1. The summed E-state index contributed by atoms with van der Waals surface area (Å²) in [6.45, 7) is 4.15. The Kier molecular flexibility index (Phi) is 6.08. The molecule has 7 nitrogen and oxygen atoms in total. The minimum Gasteiger partial charge on any atom is -0.371 e. The van der Waals surface area contributed by atoms with E-state index in [0.717, 1.165) is 41.6 Å². The van der Waals surface area contributed by atoms with Gasteiger partial charge in [-0.2, -0.15) is 4.68 Å². The SMILES string of the molecule is CCN1CCc2ccc(NC(=O)c3ccccc3SCc3nnnn3-c3ccccc3)cc21. The van der Waals surface area contributed by atoms with Crippen molar-refractivity contribution in [1.82, 2.24) is 20.2 Å². The van der Waals surface area contributed by atoms with Gasteiger partial charge in [-0.05, 0) is 65.7 Å². The Morgan fingerprint density at radius 3 is 2.73 bits per heavy atom. The van der Waals surface area contributed by atoms with Gasteiger partial charge in [0.25, 0.3) is 5.91 Å². The zero-order valence-electron chi connectivity index (χ0n) is 18.3. The Hall–Kier alpha value is -3.65. The summed E-state index contributed by atoms with van der Waals surface area (Å²) in [5, 5.41) is 15.2. The number of fused-ring (bicyclic) bond motifs is 1. The molecule has 0 bridgehead atoms. The molecule has 5 rings (SSSR count). The number of aromatic nitrogens is 4. The van der Waals surface area contributed by atoms with Crippen LogP contribution in [0, 0.1) is 0 Å². The number of carbonyl (C=O) groups is 1. The van der Waals surface area contributed by atoms with E-state index in [-0.39, 0.29) is 5.91 Å². The number of benzene rings is 3. The van der Waals surface area contributed by atoms with Gasteiger partial charge in [0.15, 0.2) is 5.82 Å². The Labute approximate surface area is 196 Å². The van der Waals surface area contributed by atoms with Crippen LogP contribution in [0.2, 0.25) is 0 Å². The lowest BCUT2D eigenvalue weighted by molar-refractivity contribution is 0.102. The van der Waals surface area contributed by atoms with Crippen LogP contribution in [0.5, 0.6) is 0 Å². The highest BCUT2D eigenvalue weighted by atomic mass is 32.2. The summed E-state index contributed by atoms with van der Waals surface area (Å²) < 4.78 is 1.72. The Morgan fingerprint density at radius 2 is 1.88 bits per heavy atom. The van der Waals surface area contributed by atoms with E-state index < -0.39 is 0 Å². The van der Waals surface area contributed by atoms with Gasteiger partial charge in [0, 0.05) is 29.4 Å². The first-order chi connectivity index (χ1) is 16.2. The molecule has 0 radical (unpaired) electrons. The summed E-state index contributed by atoms with van der Waals surface area (Å²) in [6.07, 6.45) is 1.05. The Bertz CT molecular complexity index is 1270. The zero-order chi connectivity index (χ0) is 22.6. The molecule has 2 heterocycles. The quantitative estimate of drug-likeness (QED) is 0.410. The van der Waals surface area contributed by atoms with Crippen LogP contribution in [0.15, 0.2) is 77.7 Å². The van der Waals surface area contributed by atoms with Gasteiger partial charge in [-0.3, -0.25) is 4.79 Å². The van der Waals surface area contributed by atoms with Gasteiger partial charge in [0.1, 0.15) is 0 Å². The second-order valence-electron chi connectivity index (χ2n) is 7.75. The molecule has 1 N–H and O–H groups in total. The summed E-state index contributed by atoms with van der Waals surface area (Å²) in [5.41, 5.74) is 4.90. The van der Waals surface area contributed by atoms with Crippen molar-refractivity contribution < 1.29 is 4.79 Å². The van der Waals surface area contributed by atoms with Crippen molar-refractivity contribution in [3.8, 4) is 5.69 Å². The molecule has 1 aliphatic heterocycles. The van der Waals surface area contributed by atoms with Crippen molar-refractivity contribution in [3.05, 3.63) is 89.7 Å². The molecule has 4 aromatic rings. The fraction of sp³-hybridized carbons (Fsp3) is 0.200.